The molecule has 2 aromatic rings. The summed E-state index contributed by atoms with van der Waals surface area (Å²) in [7, 11) is 0. The fourth-order valence-electron chi connectivity index (χ4n) is 3.14. The van der Waals surface area contributed by atoms with Crippen LogP contribution >= 0.6 is 11.3 Å². The van der Waals surface area contributed by atoms with Gasteiger partial charge >= 0.3 is 5.97 Å². The van der Waals surface area contributed by atoms with E-state index in [9.17, 15) is 9.59 Å². The molecule has 142 valence electrons. The summed E-state index contributed by atoms with van der Waals surface area (Å²) in [5.41, 5.74) is 2.37. The molecule has 0 atom stereocenters. The van der Waals surface area contributed by atoms with Crippen LogP contribution in [0.15, 0.2) is 30.3 Å². The summed E-state index contributed by atoms with van der Waals surface area (Å²) in [5, 5.41) is 3.43. The zero-order chi connectivity index (χ0) is 19.2. The van der Waals surface area contributed by atoms with Crippen molar-refractivity contribution in [2.24, 2.45) is 0 Å². The third-order valence-corrected chi connectivity index (χ3v) is 5.48. The van der Waals surface area contributed by atoms with E-state index in [1.807, 2.05) is 31.2 Å². The molecule has 0 saturated heterocycles. The van der Waals surface area contributed by atoms with Gasteiger partial charge in [0.15, 0.2) is 0 Å². The molecule has 0 unspecified atom stereocenters. The quantitative estimate of drug-likeness (QED) is 0.564. The van der Waals surface area contributed by atoms with Crippen LogP contribution in [0.1, 0.15) is 46.6 Å². The molecule has 0 fully saturated rings. The Morgan fingerprint density at radius 2 is 2.00 bits per heavy atom. The summed E-state index contributed by atoms with van der Waals surface area (Å²) in [6.45, 7) is 4.56. The number of hydrogen-bond donors (Lipinski definition) is 1. The molecule has 0 bridgehead atoms. The lowest BCUT2D eigenvalue weighted by atomic mass is 10.1. The van der Waals surface area contributed by atoms with Crippen molar-refractivity contribution in [3.63, 3.8) is 0 Å². The lowest BCUT2D eigenvalue weighted by Crippen LogP contribution is -2.13. The van der Waals surface area contributed by atoms with Crippen molar-refractivity contribution in [2.75, 3.05) is 18.5 Å². The van der Waals surface area contributed by atoms with Crippen molar-refractivity contribution in [1.29, 1.82) is 0 Å². The average molecular weight is 385 g/mol. The van der Waals surface area contributed by atoms with Crippen molar-refractivity contribution < 1.29 is 19.1 Å². The zero-order valence-corrected chi connectivity index (χ0v) is 16.4. The molecule has 0 saturated carbocycles. The summed E-state index contributed by atoms with van der Waals surface area (Å²) in [5.74, 6) is 0.0796. The predicted octanol–water partition coefficient (Wildman–Crippen LogP) is 4.46. The van der Waals surface area contributed by atoms with E-state index < -0.39 is 0 Å². The van der Waals surface area contributed by atoms with Gasteiger partial charge in [-0.25, -0.2) is 4.79 Å². The highest BCUT2D eigenvalue weighted by Crippen LogP contribution is 2.39. The lowest BCUT2D eigenvalue weighted by Gasteiger charge is -2.07. The third kappa shape index (κ3) is 4.39. The highest BCUT2D eigenvalue weighted by atomic mass is 32.1. The van der Waals surface area contributed by atoms with Crippen LogP contribution in [0.5, 0.6) is 5.75 Å². The predicted molar refractivity (Wildman–Crippen MR) is 108 cm³/mol. The Labute approximate surface area is 163 Å². The van der Waals surface area contributed by atoms with Crippen LogP contribution in [0.25, 0.3) is 6.08 Å². The average Bonchev–Trinajstić information content (AvgIpc) is 3.22. The maximum atomic E-state index is 12.4. The van der Waals surface area contributed by atoms with Gasteiger partial charge in [-0.15, -0.1) is 11.3 Å². The summed E-state index contributed by atoms with van der Waals surface area (Å²) < 4.78 is 10.8. The first-order chi connectivity index (χ1) is 13.1. The van der Waals surface area contributed by atoms with Gasteiger partial charge in [-0.1, -0.05) is 18.2 Å². The van der Waals surface area contributed by atoms with E-state index in [2.05, 4.69) is 5.32 Å². The van der Waals surface area contributed by atoms with Crippen LogP contribution in [0.3, 0.4) is 0 Å². The summed E-state index contributed by atoms with van der Waals surface area (Å²) in [4.78, 5) is 26.0. The first kappa shape index (κ1) is 19.2. The molecule has 0 aliphatic heterocycles. The van der Waals surface area contributed by atoms with Gasteiger partial charge in [0.25, 0.3) is 0 Å². The molecular formula is C21H23NO4S. The van der Waals surface area contributed by atoms with E-state index in [4.69, 9.17) is 9.47 Å². The van der Waals surface area contributed by atoms with Gasteiger partial charge in [0.2, 0.25) is 5.91 Å². The van der Waals surface area contributed by atoms with Gasteiger partial charge in [0, 0.05) is 16.5 Å². The minimum Gasteiger partial charge on any atom is -0.493 e. The van der Waals surface area contributed by atoms with Crippen LogP contribution in [0.2, 0.25) is 0 Å². The number of benzene rings is 1. The topological polar surface area (TPSA) is 64.6 Å². The number of fused-ring (bicyclic) bond motifs is 1. The molecule has 3 rings (SSSR count). The van der Waals surface area contributed by atoms with E-state index in [-0.39, 0.29) is 11.9 Å². The maximum absolute atomic E-state index is 12.4. The normalized spacial score (nSPS) is 12.8. The van der Waals surface area contributed by atoms with Crippen molar-refractivity contribution in [3.05, 3.63) is 51.9 Å². The van der Waals surface area contributed by atoms with Gasteiger partial charge in [-0.2, -0.15) is 0 Å². The first-order valence-corrected chi connectivity index (χ1v) is 9.98. The largest absolute Gasteiger partial charge is 0.493 e. The molecule has 1 aromatic heterocycles. The molecule has 1 N–H and O–H groups in total. The fraction of sp³-hybridized carbons (Fsp3) is 0.333. The Balaban J connectivity index is 1.78. The second-order valence-electron chi connectivity index (χ2n) is 6.08. The molecule has 1 heterocycles. The second-order valence-corrected chi connectivity index (χ2v) is 7.18. The molecule has 1 aliphatic rings. The highest BCUT2D eigenvalue weighted by Gasteiger charge is 2.28. The van der Waals surface area contributed by atoms with E-state index in [0.717, 1.165) is 36.1 Å². The Kier molecular flexibility index (Phi) is 6.29. The first-order valence-electron chi connectivity index (χ1n) is 9.16. The third-order valence-electron chi connectivity index (χ3n) is 4.27. The van der Waals surface area contributed by atoms with Crippen molar-refractivity contribution in [2.45, 2.75) is 33.1 Å². The number of ether oxygens (including phenoxy) is 2. The highest BCUT2D eigenvalue weighted by molar-refractivity contribution is 7.17. The lowest BCUT2D eigenvalue weighted by molar-refractivity contribution is -0.111. The van der Waals surface area contributed by atoms with Gasteiger partial charge in [0.1, 0.15) is 10.8 Å². The molecule has 27 heavy (non-hydrogen) atoms. The Hall–Kier alpha value is -2.60. The minimum absolute atomic E-state index is 0.285. The van der Waals surface area contributed by atoms with E-state index >= 15 is 0 Å². The number of amides is 1. The molecular weight excluding hydrogens is 362 g/mol. The van der Waals surface area contributed by atoms with Gasteiger partial charge < -0.3 is 14.8 Å². The number of para-hydroxylation sites is 1. The Morgan fingerprint density at radius 1 is 1.19 bits per heavy atom. The standard InChI is InChI=1S/C21H23NO4S/c1-3-25-16-10-6-5-8-14(16)12-13-18(23)22-20-19(21(24)26-4-2)15-9-7-11-17(15)27-20/h5-6,8,10,12-13H,3-4,7,9,11H2,1-2H3,(H,22,23)/b13-12+. The monoisotopic (exact) mass is 385 g/mol. The number of hydrogen-bond acceptors (Lipinski definition) is 5. The van der Waals surface area contributed by atoms with Crippen LogP contribution in [-0.4, -0.2) is 25.1 Å². The van der Waals surface area contributed by atoms with Crippen LogP contribution in [0, 0.1) is 0 Å². The number of nitrogens with one attached hydrogen (secondary N) is 1. The summed E-state index contributed by atoms with van der Waals surface area (Å²) in [6, 6.07) is 7.53. The Morgan fingerprint density at radius 3 is 2.78 bits per heavy atom. The number of carbonyl (C=O) groups is 2. The smallest absolute Gasteiger partial charge is 0.341 e. The van der Waals surface area contributed by atoms with Crippen molar-refractivity contribution in [3.8, 4) is 5.75 Å². The molecule has 6 heteroatoms. The van der Waals surface area contributed by atoms with Crippen molar-refractivity contribution in [1.82, 2.24) is 0 Å². The van der Waals surface area contributed by atoms with Gasteiger partial charge in [0.05, 0.1) is 18.8 Å². The maximum Gasteiger partial charge on any atom is 0.341 e. The number of aryl methyl sites for hydroxylation is 1. The van der Waals surface area contributed by atoms with Crippen LogP contribution < -0.4 is 10.1 Å². The molecule has 5 nitrogen and oxygen atoms in total. The minimum atomic E-state index is -0.363. The van der Waals surface area contributed by atoms with Crippen LogP contribution in [0.4, 0.5) is 5.00 Å². The van der Waals surface area contributed by atoms with Crippen molar-refractivity contribution >= 4 is 34.3 Å². The summed E-state index contributed by atoms with van der Waals surface area (Å²) in [6.07, 6.45) is 6.01. The van der Waals surface area contributed by atoms with E-state index in [1.165, 1.54) is 22.3 Å². The molecule has 1 aliphatic carbocycles. The van der Waals surface area contributed by atoms with Gasteiger partial charge in [-0.05, 0) is 50.8 Å². The number of esters is 1. The van der Waals surface area contributed by atoms with Crippen LogP contribution in [-0.2, 0) is 22.4 Å². The second kappa shape index (κ2) is 8.86. The SMILES string of the molecule is CCOC(=O)c1c(NC(=O)/C=C/c2ccccc2OCC)sc2c1CCC2. The Bertz CT molecular complexity index is 869. The molecule has 0 radical (unpaired) electrons. The van der Waals surface area contributed by atoms with Gasteiger partial charge in [-0.3, -0.25) is 4.79 Å². The number of carbonyl (C=O) groups excluding carboxylic acids is 2. The summed E-state index contributed by atoms with van der Waals surface area (Å²) >= 11 is 1.47. The number of anilines is 1. The van der Waals surface area contributed by atoms with E-state index in [0.29, 0.717) is 23.8 Å². The molecule has 1 amide bonds. The molecule has 0 spiro atoms. The number of thiophene rings is 1. The zero-order valence-electron chi connectivity index (χ0n) is 15.5. The number of rotatable bonds is 7. The fourth-order valence-corrected chi connectivity index (χ4v) is 4.42. The van der Waals surface area contributed by atoms with E-state index in [1.54, 1.807) is 13.0 Å². The molecule has 1 aromatic carbocycles.